The molecular weight excluding hydrogens is 470 g/mol. The van der Waals surface area contributed by atoms with E-state index in [0.29, 0.717) is 32.6 Å². The highest BCUT2D eigenvalue weighted by atomic mass is 32.2. The van der Waals surface area contributed by atoms with Crippen LogP contribution >= 0.6 is 0 Å². The first-order valence-corrected chi connectivity index (χ1v) is 13.9. The summed E-state index contributed by atoms with van der Waals surface area (Å²) in [6, 6.07) is 27.4. The highest BCUT2D eigenvalue weighted by Gasteiger charge is 2.30. The summed E-state index contributed by atoms with van der Waals surface area (Å²) < 4.78 is 27.7. The lowest BCUT2D eigenvalue weighted by Crippen LogP contribution is -2.51. The Kier molecular flexibility index (Phi) is 8.79. The van der Waals surface area contributed by atoms with E-state index in [0.717, 1.165) is 22.4 Å². The molecule has 2 N–H and O–H groups in total. The zero-order valence-corrected chi connectivity index (χ0v) is 21.4. The number of hydroxylamine groups is 1. The highest BCUT2D eigenvalue weighted by molar-refractivity contribution is 7.89. The van der Waals surface area contributed by atoms with Crippen LogP contribution in [0, 0.1) is 11.8 Å². The minimum Gasteiger partial charge on any atom is -0.369 e. The van der Waals surface area contributed by atoms with Crippen LogP contribution in [0.25, 0.3) is 0 Å². The fraction of sp³-hybridized carbons (Fsp3) is 0.310. The van der Waals surface area contributed by atoms with Gasteiger partial charge >= 0.3 is 0 Å². The standard InChI is InChI=1S/C29H33N3O3S/c1-24(27-10-6-3-7-11-27)22-28(30-33)23-36(34,35)32-20-18-31(19-21-32)29-16-14-26(15-17-29)13-12-25-8-4-2-5-9-25/h2-11,14-17,24,28,30,33H,18-23H2,1H3/t24-,28?/m0/s1. The monoisotopic (exact) mass is 503 g/mol. The van der Waals surface area contributed by atoms with Gasteiger partial charge in [0, 0.05) is 49.0 Å². The molecule has 1 aliphatic heterocycles. The molecule has 188 valence electrons. The lowest BCUT2D eigenvalue weighted by molar-refractivity contribution is 0.126. The van der Waals surface area contributed by atoms with Crippen LogP contribution in [0.2, 0.25) is 0 Å². The molecule has 6 nitrogen and oxygen atoms in total. The van der Waals surface area contributed by atoms with Crippen molar-refractivity contribution in [3.8, 4) is 11.8 Å². The third kappa shape index (κ3) is 6.96. The molecule has 0 aliphatic carbocycles. The van der Waals surface area contributed by atoms with Crippen LogP contribution in [0.4, 0.5) is 5.69 Å². The average Bonchev–Trinajstić information content (AvgIpc) is 2.93. The molecule has 0 radical (unpaired) electrons. The Hall–Kier alpha value is -3.15. The van der Waals surface area contributed by atoms with Crippen LogP contribution in [0.15, 0.2) is 84.9 Å². The van der Waals surface area contributed by atoms with Gasteiger partial charge in [-0.05, 0) is 54.3 Å². The van der Waals surface area contributed by atoms with E-state index < -0.39 is 16.1 Å². The van der Waals surface area contributed by atoms with Crippen LogP contribution in [0.5, 0.6) is 0 Å². The normalized spacial score (nSPS) is 16.1. The number of hydrogen-bond acceptors (Lipinski definition) is 5. The second kappa shape index (κ2) is 12.2. The topological polar surface area (TPSA) is 72.9 Å². The van der Waals surface area contributed by atoms with E-state index in [4.69, 9.17) is 0 Å². The smallest absolute Gasteiger partial charge is 0.215 e. The number of rotatable bonds is 8. The maximum Gasteiger partial charge on any atom is 0.215 e. The van der Waals surface area contributed by atoms with Crippen molar-refractivity contribution in [3.63, 3.8) is 0 Å². The van der Waals surface area contributed by atoms with Gasteiger partial charge in [-0.25, -0.2) is 13.9 Å². The molecule has 2 atom stereocenters. The number of nitrogens with one attached hydrogen (secondary N) is 1. The molecule has 0 amide bonds. The first-order chi connectivity index (χ1) is 17.4. The van der Waals surface area contributed by atoms with Crippen molar-refractivity contribution in [1.82, 2.24) is 9.79 Å². The van der Waals surface area contributed by atoms with E-state index >= 15 is 0 Å². The highest BCUT2D eigenvalue weighted by Crippen LogP contribution is 2.23. The number of benzene rings is 3. The molecule has 1 aliphatic rings. The summed E-state index contributed by atoms with van der Waals surface area (Å²) in [5.41, 5.74) is 6.34. The second-order valence-electron chi connectivity index (χ2n) is 9.20. The lowest BCUT2D eigenvalue weighted by Gasteiger charge is -2.36. The fourth-order valence-electron chi connectivity index (χ4n) is 4.51. The number of nitrogens with zero attached hydrogens (tertiary/aromatic N) is 2. The molecule has 7 heteroatoms. The first kappa shape index (κ1) is 25.9. The van der Waals surface area contributed by atoms with Crippen molar-refractivity contribution in [2.45, 2.75) is 25.3 Å². The van der Waals surface area contributed by atoms with Gasteiger partial charge in [0.05, 0.1) is 5.75 Å². The number of hydrogen-bond donors (Lipinski definition) is 2. The second-order valence-corrected chi connectivity index (χ2v) is 11.2. The van der Waals surface area contributed by atoms with Crippen LogP contribution in [-0.2, 0) is 10.0 Å². The molecule has 36 heavy (non-hydrogen) atoms. The maximum absolute atomic E-state index is 13.1. The maximum atomic E-state index is 13.1. The van der Waals surface area contributed by atoms with Gasteiger partial charge in [-0.1, -0.05) is 67.3 Å². The Morgan fingerprint density at radius 1 is 0.833 bits per heavy atom. The molecule has 0 bridgehead atoms. The molecule has 1 fully saturated rings. The van der Waals surface area contributed by atoms with Crippen molar-refractivity contribution in [2.24, 2.45) is 0 Å². The van der Waals surface area contributed by atoms with Crippen molar-refractivity contribution in [3.05, 3.63) is 102 Å². The molecule has 4 rings (SSSR count). The van der Waals surface area contributed by atoms with Crippen LogP contribution < -0.4 is 10.4 Å². The molecule has 3 aromatic rings. The van der Waals surface area contributed by atoms with Crippen molar-refractivity contribution < 1.29 is 13.6 Å². The number of piperazine rings is 1. The lowest BCUT2D eigenvalue weighted by atomic mass is 9.95. The SMILES string of the molecule is C[C@@H](CC(CS(=O)(=O)N1CCN(c2ccc(C#Cc3ccccc3)cc2)CC1)NO)c1ccccc1. The molecule has 0 saturated carbocycles. The summed E-state index contributed by atoms with van der Waals surface area (Å²) in [5, 5.41) is 9.65. The quantitative estimate of drug-likeness (QED) is 0.358. The van der Waals surface area contributed by atoms with E-state index in [1.807, 2.05) is 91.9 Å². The van der Waals surface area contributed by atoms with Gasteiger partial charge in [-0.15, -0.1) is 0 Å². The molecule has 1 saturated heterocycles. The van der Waals surface area contributed by atoms with Crippen LogP contribution in [0.1, 0.15) is 36.0 Å². The van der Waals surface area contributed by atoms with Crippen molar-refractivity contribution in [2.75, 3.05) is 36.8 Å². The predicted molar refractivity (Wildman–Crippen MR) is 145 cm³/mol. The molecule has 3 aromatic carbocycles. The minimum absolute atomic E-state index is 0.128. The molecule has 1 heterocycles. The average molecular weight is 504 g/mol. The molecular formula is C29H33N3O3S. The van der Waals surface area contributed by atoms with Gasteiger partial charge in [0.2, 0.25) is 10.0 Å². The molecule has 1 unspecified atom stereocenters. The Balaban J connectivity index is 1.30. The van der Waals surface area contributed by atoms with E-state index in [-0.39, 0.29) is 11.7 Å². The van der Waals surface area contributed by atoms with E-state index in [2.05, 4.69) is 22.2 Å². The number of anilines is 1. The van der Waals surface area contributed by atoms with Gasteiger partial charge in [0.25, 0.3) is 0 Å². The Bertz CT molecular complexity index is 1260. The van der Waals surface area contributed by atoms with Crippen LogP contribution in [0.3, 0.4) is 0 Å². The fourth-order valence-corrected chi connectivity index (χ4v) is 6.16. The Morgan fingerprint density at radius 2 is 1.39 bits per heavy atom. The predicted octanol–water partition coefficient (Wildman–Crippen LogP) is 4.08. The summed E-state index contributed by atoms with van der Waals surface area (Å²) in [7, 11) is -3.50. The first-order valence-electron chi connectivity index (χ1n) is 12.3. The third-order valence-corrected chi connectivity index (χ3v) is 8.57. The Morgan fingerprint density at radius 3 is 1.97 bits per heavy atom. The zero-order chi connectivity index (χ0) is 25.4. The van der Waals surface area contributed by atoms with Crippen LogP contribution in [-0.4, -0.2) is 55.9 Å². The third-order valence-electron chi connectivity index (χ3n) is 6.59. The minimum atomic E-state index is -3.50. The van der Waals surface area contributed by atoms with Gasteiger partial charge in [0.15, 0.2) is 0 Å². The molecule has 0 spiro atoms. The Labute approximate surface area is 214 Å². The molecule has 0 aromatic heterocycles. The van der Waals surface area contributed by atoms with E-state index in [9.17, 15) is 13.6 Å². The van der Waals surface area contributed by atoms with Crippen molar-refractivity contribution in [1.29, 1.82) is 0 Å². The number of sulfonamides is 1. The van der Waals surface area contributed by atoms with E-state index in [1.54, 1.807) is 4.31 Å². The van der Waals surface area contributed by atoms with Gasteiger partial charge < -0.3 is 10.1 Å². The summed E-state index contributed by atoms with van der Waals surface area (Å²) in [6.07, 6.45) is 0.527. The summed E-state index contributed by atoms with van der Waals surface area (Å²) in [6.45, 7) is 4.12. The van der Waals surface area contributed by atoms with Crippen molar-refractivity contribution >= 4 is 15.7 Å². The summed E-state index contributed by atoms with van der Waals surface area (Å²) in [4.78, 5) is 2.19. The zero-order valence-electron chi connectivity index (χ0n) is 20.5. The van der Waals surface area contributed by atoms with Gasteiger partial charge in [-0.2, -0.15) is 4.31 Å². The summed E-state index contributed by atoms with van der Waals surface area (Å²) in [5.74, 6) is 6.35. The largest absolute Gasteiger partial charge is 0.369 e. The summed E-state index contributed by atoms with van der Waals surface area (Å²) >= 11 is 0. The van der Waals surface area contributed by atoms with E-state index in [1.165, 1.54) is 0 Å². The van der Waals surface area contributed by atoms with Gasteiger partial charge in [0.1, 0.15) is 0 Å². The van der Waals surface area contributed by atoms with Gasteiger partial charge in [-0.3, -0.25) is 0 Å².